The van der Waals surface area contributed by atoms with Crippen molar-refractivity contribution in [3.8, 4) is 0 Å². The molecule has 0 spiro atoms. The maximum absolute atomic E-state index is 5.58. The molecule has 0 fully saturated rings. The van der Waals surface area contributed by atoms with E-state index >= 15 is 0 Å². The summed E-state index contributed by atoms with van der Waals surface area (Å²) in [5.41, 5.74) is 7.75. The van der Waals surface area contributed by atoms with Crippen LogP contribution in [0.1, 0.15) is 18.2 Å². The van der Waals surface area contributed by atoms with Crippen LogP contribution in [0, 0.1) is 6.92 Å². The van der Waals surface area contributed by atoms with Gasteiger partial charge >= 0.3 is 0 Å². The van der Waals surface area contributed by atoms with Gasteiger partial charge in [0.15, 0.2) is 0 Å². The molecule has 0 saturated heterocycles. The molecule has 0 aliphatic rings. The SMILES string of the molecule is CCN(C)c1cc(CN)cc(C)n1. The molecule has 0 bridgehead atoms. The van der Waals surface area contributed by atoms with Crippen molar-refractivity contribution in [3.63, 3.8) is 0 Å². The first-order valence-electron chi connectivity index (χ1n) is 4.56. The van der Waals surface area contributed by atoms with Gasteiger partial charge in [-0.3, -0.25) is 0 Å². The molecule has 0 aliphatic heterocycles. The van der Waals surface area contributed by atoms with Crippen molar-refractivity contribution in [2.45, 2.75) is 20.4 Å². The molecule has 1 rings (SSSR count). The number of aryl methyl sites for hydroxylation is 1. The zero-order valence-electron chi connectivity index (χ0n) is 8.54. The summed E-state index contributed by atoms with van der Waals surface area (Å²) in [5, 5.41) is 0. The van der Waals surface area contributed by atoms with Gasteiger partial charge in [0.1, 0.15) is 5.82 Å². The molecule has 1 aromatic heterocycles. The van der Waals surface area contributed by atoms with Crippen LogP contribution in [0.5, 0.6) is 0 Å². The molecule has 0 unspecified atom stereocenters. The second-order valence-electron chi connectivity index (χ2n) is 3.19. The lowest BCUT2D eigenvalue weighted by atomic mass is 10.2. The van der Waals surface area contributed by atoms with Crippen LogP contribution in [-0.4, -0.2) is 18.6 Å². The number of hydrogen-bond acceptors (Lipinski definition) is 3. The number of pyridine rings is 1. The molecule has 0 radical (unpaired) electrons. The van der Waals surface area contributed by atoms with E-state index < -0.39 is 0 Å². The first-order chi connectivity index (χ1) is 6.17. The maximum atomic E-state index is 5.58. The van der Waals surface area contributed by atoms with Crippen LogP contribution < -0.4 is 10.6 Å². The fourth-order valence-corrected chi connectivity index (χ4v) is 1.20. The summed E-state index contributed by atoms with van der Waals surface area (Å²) in [5.74, 6) is 1.00. The van der Waals surface area contributed by atoms with Crippen molar-refractivity contribution >= 4 is 5.82 Å². The first-order valence-corrected chi connectivity index (χ1v) is 4.56. The Morgan fingerprint density at radius 3 is 2.69 bits per heavy atom. The van der Waals surface area contributed by atoms with E-state index in [1.807, 2.05) is 26.1 Å². The quantitative estimate of drug-likeness (QED) is 0.760. The van der Waals surface area contributed by atoms with Crippen LogP contribution in [-0.2, 0) is 6.54 Å². The van der Waals surface area contributed by atoms with Gasteiger partial charge < -0.3 is 10.6 Å². The minimum atomic E-state index is 0.577. The predicted octanol–water partition coefficient (Wildman–Crippen LogP) is 1.30. The third kappa shape index (κ3) is 2.42. The summed E-state index contributed by atoms with van der Waals surface area (Å²) in [6, 6.07) is 4.06. The smallest absolute Gasteiger partial charge is 0.128 e. The van der Waals surface area contributed by atoms with E-state index in [1.165, 1.54) is 0 Å². The fraction of sp³-hybridized carbons (Fsp3) is 0.500. The molecule has 13 heavy (non-hydrogen) atoms. The molecule has 0 aromatic carbocycles. The van der Waals surface area contributed by atoms with Crippen LogP contribution in [0.3, 0.4) is 0 Å². The lowest BCUT2D eigenvalue weighted by molar-refractivity contribution is 0.920. The van der Waals surface area contributed by atoms with Crippen molar-refractivity contribution in [1.29, 1.82) is 0 Å². The summed E-state index contributed by atoms with van der Waals surface area (Å²) in [7, 11) is 2.03. The van der Waals surface area contributed by atoms with E-state index in [-0.39, 0.29) is 0 Å². The summed E-state index contributed by atoms with van der Waals surface area (Å²) in [6.45, 7) is 5.63. The zero-order chi connectivity index (χ0) is 9.84. The highest BCUT2D eigenvalue weighted by Gasteiger charge is 2.02. The van der Waals surface area contributed by atoms with Gasteiger partial charge in [-0.25, -0.2) is 4.98 Å². The van der Waals surface area contributed by atoms with Crippen LogP contribution in [0.4, 0.5) is 5.82 Å². The van der Waals surface area contributed by atoms with Crippen LogP contribution in [0.2, 0.25) is 0 Å². The average Bonchev–Trinajstić information content (AvgIpc) is 2.15. The molecular weight excluding hydrogens is 162 g/mol. The molecule has 72 valence electrons. The Kier molecular flexibility index (Phi) is 3.25. The summed E-state index contributed by atoms with van der Waals surface area (Å²) < 4.78 is 0. The molecule has 1 aromatic rings. The minimum absolute atomic E-state index is 0.577. The number of nitrogens with two attached hydrogens (primary N) is 1. The van der Waals surface area contributed by atoms with Gasteiger partial charge in [0.05, 0.1) is 0 Å². The Morgan fingerprint density at radius 1 is 1.46 bits per heavy atom. The molecule has 2 N–H and O–H groups in total. The van der Waals surface area contributed by atoms with Gasteiger partial charge in [-0.2, -0.15) is 0 Å². The topological polar surface area (TPSA) is 42.1 Å². The fourth-order valence-electron chi connectivity index (χ4n) is 1.20. The Hall–Kier alpha value is -1.09. The Bertz CT molecular complexity index is 283. The number of nitrogens with zero attached hydrogens (tertiary/aromatic N) is 2. The maximum Gasteiger partial charge on any atom is 0.128 e. The van der Waals surface area contributed by atoms with Gasteiger partial charge in [0, 0.05) is 25.8 Å². The summed E-state index contributed by atoms with van der Waals surface area (Å²) >= 11 is 0. The summed E-state index contributed by atoms with van der Waals surface area (Å²) in [6.07, 6.45) is 0. The van der Waals surface area contributed by atoms with E-state index in [1.54, 1.807) is 0 Å². The van der Waals surface area contributed by atoms with E-state index in [9.17, 15) is 0 Å². The highest BCUT2D eigenvalue weighted by molar-refractivity contribution is 5.41. The Balaban J connectivity index is 3.01. The lowest BCUT2D eigenvalue weighted by Crippen LogP contribution is -2.18. The van der Waals surface area contributed by atoms with Crippen LogP contribution >= 0.6 is 0 Å². The van der Waals surface area contributed by atoms with Gasteiger partial charge in [-0.05, 0) is 31.5 Å². The van der Waals surface area contributed by atoms with E-state index in [4.69, 9.17) is 5.73 Å². The van der Waals surface area contributed by atoms with E-state index in [0.29, 0.717) is 6.54 Å². The normalized spacial score (nSPS) is 10.2. The number of aromatic nitrogens is 1. The van der Waals surface area contributed by atoms with E-state index in [2.05, 4.69) is 16.8 Å². The molecule has 0 aliphatic carbocycles. The molecule has 3 heteroatoms. The molecular formula is C10H17N3. The Labute approximate surface area is 79.6 Å². The molecule has 0 amide bonds. The molecule has 3 nitrogen and oxygen atoms in total. The minimum Gasteiger partial charge on any atom is -0.360 e. The van der Waals surface area contributed by atoms with E-state index in [0.717, 1.165) is 23.6 Å². The molecule has 0 atom stereocenters. The van der Waals surface area contributed by atoms with Crippen molar-refractivity contribution < 1.29 is 0 Å². The Morgan fingerprint density at radius 2 is 2.15 bits per heavy atom. The van der Waals surface area contributed by atoms with Crippen molar-refractivity contribution in [3.05, 3.63) is 23.4 Å². The van der Waals surface area contributed by atoms with Crippen molar-refractivity contribution in [1.82, 2.24) is 4.98 Å². The van der Waals surface area contributed by atoms with Crippen molar-refractivity contribution in [2.75, 3.05) is 18.5 Å². The number of hydrogen-bond donors (Lipinski definition) is 1. The molecule has 1 heterocycles. The van der Waals surface area contributed by atoms with Gasteiger partial charge in [0.2, 0.25) is 0 Å². The summed E-state index contributed by atoms with van der Waals surface area (Å²) in [4.78, 5) is 6.53. The predicted molar refractivity (Wildman–Crippen MR) is 55.8 cm³/mol. The third-order valence-electron chi connectivity index (χ3n) is 2.10. The second-order valence-corrected chi connectivity index (χ2v) is 3.19. The highest BCUT2D eigenvalue weighted by Crippen LogP contribution is 2.12. The average molecular weight is 179 g/mol. The monoisotopic (exact) mass is 179 g/mol. The van der Waals surface area contributed by atoms with Crippen LogP contribution in [0.15, 0.2) is 12.1 Å². The molecule has 0 saturated carbocycles. The van der Waals surface area contributed by atoms with Crippen molar-refractivity contribution in [2.24, 2.45) is 5.73 Å². The largest absolute Gasteiger partial charge is 0.360 e. The number of anilines is 1. The lowest BCUT2D eigenvalue weighted by Gasteiger charge is -2.16. The second kappa shape index (κ2) is 4.23. The van der Waals surface area contributed by atoms with Crippen LogP contribution in [0.25, 0.3) is 0 Å². The van der Waals surface area contributed by atoms with Gasteiger partial charge in [-0.1, -0.05) is 0 Å². The van der Waals surface area contributed by atoms with Gasteiger partial charge in [-0.15, -0.1) is 0 Å². The number of rotatable bonds is 3. The standard InChI is InChI=1S/C10H17N3/c1-4-13(3)10-6-9(7-11)5-8(2)12-10/h5-6H,4,7,11H2,1-3H3. The highest BCUT2D eigenvalue weighted by atomic mass is 15.2. The first kappa shape index (κ1) is 9.99. The zero-order valence-corrected chi connectivity index (χ0v) is 8.54. The third-order valence-corrected chi connectivity index (χ3v) is 2.10. The van der Waals surface area contributed by atoms with Gasteiger partial charge in [0.25, 0.3) is 0 Å².